The zero-order chi connectivity index (χ0) is 14.7. The van der Waals surface area contributed by atoms with Gasteiger partial charge in [0.15, 0.2) is 0 Å². The van der Waals surface area contributed by atoms with Gasteiger partial charge in [0.25, 0.3) is 0 Å². The standard InChI is InChI=1S/C18H20N2O.ClH/c1-13-6-8-14(9-7-13)11-20-18(21)17-10-15-4-2-3-5-16(15)12-19-17;/h2-9,17,19H,10-12H2,1H3,(H,20,21);1H/t17-;/m0./s1. The van der Waals surface area contributed by atoms with Gasteiger partial charge in [-0.25, -0.2) is 0 Å². The van der Waals surface area contributed by atoms with Gasteiger partial charge < -0.3 is 10.6 Å². The van der Waals surface area contributed by atoms with E-state index in [2.05, 4.69) is 54.0 Å². The second-order valence-electron chi connectivity index (χ2n) is 5.61. The van der Waals surface area contributed by atoms with Crippen LogP contribution in [0.1, 0.15) is 22.3 Å². The molecule has 0 saturated heterocycles. The molecule has 3 nitrogen and oxygen atoms in total. The molecule has 0 radical (unpaired) electrons. The van der Waals surface area contributed by atoms with Crippen molar-refractivity contribution in [2.75, 3.05) is 0 Å². The molecule has 116 valence electrons. The zero-order valence-electron chi connectivity index (χ0n) is 12.6. The Balaban J connectivity index is 0.00000176. The highest BCUT2D eigenvalue weighted by Crippen LogP contribution is 2.16. The van der Waals surface area contributed by atoms with Crippen molar-refractivity contribution >= 4 is 18.3 Å². The molecule has 22 heavy (non-hydrogen) atoms. The molecule has 2 aromatic rings. The summed E-state index contributed by atoms with van der Waals surface area (Å²) in [6.07, 6.45) is 0.760. The maximum absolute atomic E-state index is 12.3. The van der Waals surface area contributed by atoms with Crippen molar-refractivity contribution < 1.29 is 4.79 Å². The van der Waals surface area contributed by atoms with Crippen molar-refractivity contribution in [2.45, 2.75) is 32.5 Å². The van der Waals surface area contributed by atoms with Crippen LogP contribution < -0.4 is 10.6 Å². The fourth-order valence-corrected chi connectivity index (χ4v) is 2.66. The molecule has 0 unspecified atom stereocenters. The molecule has 3 rings (SSSR count). The lowest BCUT2D eigenvalue weighted by molar-refractivity contribution is -0.123. The average molecular weight is 317 g/mol. The normalized spacial score (nSPS) is 16.3. The maximum Gasteiger partial charge on any atom is 0.237 e. The number of fused-ring (bicyclic) bond motifs is 1. The van der Waals surface area contributed by atoms with Gasteiger partial charge >= 0.3 is 0 Å². The predicted molar refractivity (Wildman–Crippen MR) is 91.0 cm³/mol. The molecule has 2 N–H and O–H groups in total. The first kappa shape index (κ1) is 16.5. The van der Waals surface area contributed by atoms with Crippen molar-refractivity contribution in [1.29, 1.82) is 0 Å². The number of rotatable bonds is 3. The Hall–Kier alpha value is -1.84. The number of aryl methyl sites for hydroxylation is 1. The zero-order valence-corrected chi connectivity index (χ0v) is 13.5. The lowest BCUT2D eigenvalue weighted by atomic mass is 9.95. The molecular weight excluding hydrogens is 296 g/mol. The Labute approximate surface area is 137 Å². The van der Waals surface area contributed by atoms with Gasteiger partial charge in [-0.1, -0.05) is 54.1 Å². The average Bonchev–Trinajstić information content (AvgIpc) is 2.53. The number of nitrogens with one attached hydrogen (secondary N) is 2. The van der Waals surface area contributed by atoms with E-state index in [0.717, 1.165) is 18.5 Å². The first-order valence-electron chi connectivity index (χ1n) is 7.36. The number of halogens is 1. The predicted octanol–water partition coefficient (Wildman–Crippen LogP) is 2.75. The number of hydrogen-bond donors (Lipinski definition) is 2. The first-order chi connectivity index (χ1) is 10.2. The molecular formula is C18H21ClN2O. The molecule has 1 amide bonds. The first-order valence-corrected chi connectivity index (χ1v) is 7.36. The Bertz CT molecular complexity index is 640. The van der Waals surface area contributed by atoms with Crippen molar-refractivity contribution in [3.8, 4) is 0 Å². The van der Waals surface area contributed by atoms with E-state index >= 15 is 0 Å². The van der Waals surface area contributed by atoms with Crippen LogP contribution >= 0.6 is 12.4 Å². The second-order valence-corrected chi connectivity index (χ2v) is 5.61. The lowest BCUT2D eigenvalue weighted by Crippen LogP contribution is -2.47. The van der Waals surface area contributed by atoms with Crippen LogP contribution in [0.3, 0.4) is 0 Å². The van der Waals surface area contributed by atoms with Gasteiger partial charge in [0.05, 0.1) is 6.04 Å². The molecule has 1 aliphatic heterocycles. The largest absolute Gasteiger partial charge is 0.351 e. The molecule has 1 aliphatic rings. The smallest absolute Gasteiger partial charge is 0.237 e. The van der Waals surface area contributed by atoms with Gasteiger partial charge in [-0.05, 0) is 30.0 Å². The van der Waals surface area contributed by atoms with Crippen LogP contribution in [-0.4, -0.2) is 11.9 Å². The van der Waals surface area contributed by atoms with E-state index in [-0.39, 0.29) is 24.4 Å². The third-order valence-electron chi connectivity index (χ3n) is 3.99. The quantitative estimate of drug-likeness (QED) is 0.914. The minimum absolute atomic E-state index is 0. The third kappa shape index (κ3) is 3.87. The summed E-state index contributed by atoms with van der Waals surface area (Å²) in [6.45, 7) is 3.41. The highest BCUT2D eigenvalue weighted by Gasteiger charge is 2.23. The molecule has 4 heteroatoms. The van der Waals surface area contributed by atoms with Gasteiger partial charge in [0, 0.05) is 13.1 Å². The van der Waals surface area contributed by atoms with E-state index in [1.165, 1.54) is 16.7 Å². The number of amides is 1. The summed E-state index contributed by atoms with van der Waals surface area (Å²) in [5, 5.41) is 6.33. The van der Waals surface area contributed by atoms with Crippen molar-refractivity contribution in [3.05, 3.63) is 70.8 Å². The van der Waals surface area contributed by atoms with Crippen LogP contribution in [0.25, 0.3) is 0 Å². The molecule has 0 fully saturated rings. The fourth-order valence-electron chi connectivity index (χ4n) is 2.66. The monoisotopic (exact) mass is 316 g/mol. The molecule has 0 aromatic heterocycles. The highest BCUT2D eigenvalue weighted by atomic mass is 35.5. The second kappa shape index (κ2) is 7.43. The molecule has 0 saturated carbocycles. The van der Waals surface area contributed by atoms with Crippen molar-refractivity contribution in [2.24, 2.45) is 0 Å². The summed E-state index contributed by atoms with van der Waals surface area (Å²) >= 11 is 0. The number of carbonyl (C=O) groups excluding carboxylic acids is 1. The summed E-state index contributed by atoms with van der Waals surface area (Å²) in [5.41, 5.74) is 4.92. The minimum Gasteiger partial charge on any atom is -0.351 e. The lowest BCUT2D eigenvalue weighted by Gasteiger charge is -2.25. The van der Waals surface area contributed by atoms with Gasteiger partial charge in [-0.2, -0.15) is 0 Å². The fraction of sp³-hybridized carbons (Fsp3) is 0.278. The van der Waals surface area contributed by atoms with Crippen LogP contribution in [-0.2, 0) is 24.3 Å². The Kier molecular flexibility index (Phi) is 5.58. The van der Waals surface area contributed by atoms with Crippen LogP contribution in [0.15, 0.2) is 48.5 Å². The summed E-state index contributed by atoms with van der Waals surface area (Å²) in [6, 6.07) is 16.4. The number of carbonyl (C=O) groups is 1. The Morgan fingerprint density at radius 2 is 1.82 bits per heavy atom. The van der Waals surface area contributed by atoms with Crippen LogP contribution in [0.5, 0.6) is 0 Å². The molecule has 1 atom stereocenters. The Morgan fingerprint density at radius 3 is 2.55 bits per heavy atom. The molecule has 0 bridgehead atoms. The van der Waals surface area contributed by atoms with Gasteiger partial charge in [-0.3, -0.25) is 4.79 Å². The topological polar surface area (TPSA) is 41.1 Å². The molecule has 0 spiro atoms. The van der Waals surface area contributed by atoms with E-state index in [1.54, 1.807) is 0 Å². The van der Waals surface area contributed by atoms with Crippen LogP contribution in [0, 0.1) is 6.92 Å². The third-order valence-corrected chi connectivity index (χ3v) is 3.99. The Morgan fingerprint density at radius 1 is 1.14 bits per heavy atom. The van der Waals surface area contributed by atoms with E-state index in [1.807, 2.05) is 12.1 Å². The van der Waals surface area contributed by atoms with Gasteiger partial charge in [-0.15, -0.1) is 12.4 Å². The van der Waals surface area contributed by atoms with E-state index in [9.17, 15) is 4.79 Å². The van der Waals surface area contributed by atoms with Crippen molar-refractivity contribution in [3.63, 3.8) is 0 Å². The van der Waals surface area contributed by atoms with E-state index < -0.39 is 0 Å². The summed E-state index contributed by atoms with van der Waals surface area (Å²) < 4.78 is 0. The summed E-state index contributed by atoms with van der Waals surface area (Å²) in [5.74, 6) is 0.0741. The van der Waals surface area contributed by atoms with E-state index in [0.29, 0.717) is 6.54 Å². The maximum atomic E-state index is 12.3. The highest BCUT2D eigenvalue weighted by molar-refractivity contribution is 5.85. The SMILES string of the molecule is Cc1ccc(CNC(=O)[C@@H]2Cc3ccccc3CN2)cc1.Cl. The number of benzene rings is 2. The molecule has 2 aromatic carbocycles. The van der Waals surface area contributed by atoms with Crippen LogP contribution in [0.2, 0.25) is 0 Å². The molecule has 0 aliphatic carbocycles. The van der Waals surface area contributed by atoms with Crippen LogP contribution in [0.4, 0.5) is 0 Å². The van der Waals surface area contributed by atoms with Gasteiger partial charge in [0.1, 0.15) is 0 Å². The van der Waals surface area contributed by atoms with Crippen molar-refractivity contribution in [1.82, 2.24) is 10.6 Å². The summed E-state index contributed by atoms with van der Waals surface area (Å²) in [7, 11) is 0. The summed E-state index contributed by atoms with van der Waals surface area (Å²) in [4.78, 5) is 12.3. The van der Waals surface area contributed by atoms with E-state index in [4.69, 9.17) is 0 Å². The molecule has 1 heterocycles. The number of hydrogen-bond acceptors (Lipinski definition) is 2. The van der Waals surface area contributed by atoms with Gasteiger partial charge in [0.2, 0.25) is 5.91 Å². The minimum atomic E-state index is -0.134.